The molecule has 0 spiro atoms. The van der Waals surface area contributed by atoms with Gasteiger partial charge in [-0.1, -0.05) is 0 Å². The second-order valence-corrected chi connectivity index (χ2v) is 6.27. The predicted octanol–water partition coefficient (Wildman–Crippen LogP) is 0.738. The molecular weight excluding hydrogens is 348 g/mol. The Balaban J connectivity index is 0.000000694. The topological polar surface area (TPSA) is 115 Å². The number of hydrogen-bond acceptors (Lipinski definition) is 8. The highest BCUT2D eigenvalue weighted by atomic mass is 16.3. The number of carbonyl (C=O) groups excluding carboxylic acids is 2. The fourth-order valence-corrected chi connectivity index (χ4v) is 2.38. The Bertz CT molecular complexity index is 612. The number of aromatic nitrogens is 1. The van der Waals surface area contributed by atoms with Crippen molar-refractivity contribution in [3.63, 3.8) is 0 Å². The average molecular weight is 380 g/mol. The van der Waals surface area contributed by atoms with Crippen molar-refractivity contribution < 1.29 is 14.0 Å². The molecule has 27 heavy (non-hydrogen) atoms. The van der Waals surface area contributed by atoms with E-state index in [0.717, 1.165) is 18.5 Å². The number of amidine groups is 1. The molecule has 1 rings (SSSR count). The van der Waals surface area contributed by atoms with Crippen LogP contribution >= 0.6 is 0 Å². The summed E-state index contributed by atoms with van der Waals surface area (Å²) in [6, 6.07) is 0. The fourth-order valence-electron chi connectivity index (χ4n) is 2.38. The van der Waals surface area contributed by atoms with Gasteiger partial charge in [0.2, 0.25) is 0 Å². The van der Waals surface area contributed by atoms with Crippen LogP contribution in [0.4, 0.5) is 0 Å². The van der Waals surface area contributed by atoms with Gasteiger partial charge in [0.15, 0.2) is 12.2 Å². The van der Waals surface area contributed by atoms with E-state index >= 15 is 0 Å². The summed E-state index contributed by atoms with van der Waals surface area (Å²) in [5, 5.41) is 14.0. The first-order valence-electron chi connectivity index (χ1n) is 8.59. The number of nitrogens with one attached hydrogen (secondary N) is 3. The number of aldehydes is 2. The number of nitrogens with zero attached hydrogens (tertiary/aromatic N) is 3. The summed E-state index contributed by atoms with van der Waals surface area (Å²) in [5.74, 6) is 1.16. The lowest BCUT2D eigenvalue weighted by Crippen LogP contribution is -2.38. The molecule has 1 atom stereocenters. The standard InChI is InChI=1S/C13H27N5O.C5H5NO2/c1-15-8-12(16-2)13(14)18(5)10-11(6-7-19)9-17(3)4;1-4-6-5(2-7)3-8-4/h7-8,11,14-16H,6,9-10H2,1-5H3;2-3H,1H3/b12-8+,14-13?;. The molecule has 0 amide bonds. The Morgan fingerprint density at radius 1 is 1.30 bits per heavy atom. The van der Waals surface area contributed by atoms with Crippen molar-refractivity contribution in [3.05, 3.63) is 29.7 Å². The van der Waals surface area contributed by atoms with E-state index in [1.165, 1.54) is 6.26 Å². The first-order chi connectivity index (χ1) is 12.8. The zero-order chi connectivity index (χ0) is 20.8. The molecule has 1 aromatic rings. The molecule has 0 saturated heterocycles. The Kier molecular flexibility index (Phi) is 12.2. The molecule has 3 N–H and O–H groups in total. The lowest BCUT2D eigenvalue weighted by molar-refractivity contribution is -0.108. The van der Waals surface area contributed by atoms with Crippen molar-refractivity contribution >= 4 is 18.4 Å². The minimum absolute atomic E-state index is 0.227. The van der Waals surface area contributed by atoms with Gasteiger partial charge in [0.1, 0.15) is 24.1 Å². The van der Waals surface area contributed by atoms with Crippen LogP contribution in [0.3, 0.4) is 0 Å². The van der Waals surface area contributed by atoms with Crippen LogP contribution in [0, 0.1) is 18.3 Å². The summed E-state index contributed by atoms with van der Waals surface area (Å²) in [7, 11) is 9.43. The number of oxazole rings is 1. The first-order valence-corrected chi connectivity index (χ1v) is 8.59. The summed E-state index contributed by atoms with van der Waals surface area (Å²) < 4.78 is 4.71. The molecule has 152 valence electrons. The Morgan fingerprint density at radius 3 is 2.33 bits per heavy atom. The number of likely N-dealkylation sites (N-methyl/N-ethyl adjacent to an activating group) is 2. The SMILES string of the molecule is CN/C=C(/NC)C(=N)N(C)CC(CC=O)CN(C)C.Cc1nc(C=O)co1. The monoisotopic (exact) mass is 380 g/mol. The van der Waals surface area contributed by atoms with Gasteiger partial charge in [0.25, 0.3) is 0 Å². The van der Waals surface area contributed by atoms with Gasteiger partial charge in [-0.05, 0) is 20.0 Å². The lowest BCUT2D eigenvalue weighted by Gasteiger charge is -2.27. The number of hydrogen-bond donors (Lipinski definition) is 3. The molecule has 0 bridgehead atoms. The summed E-state index contributed by atoms with van der Waals surface area (Å²) in [4.78, 5) is 28.2. The second kappa shape index (κ2) is 13.5. The van der Waals surface area contributed by atoms with Crippen LogP contribution in [0.2, 0.25) is 0 Å². The Morgan fingerprint density at radius 2 is 1.96 bits per heavy atom. The lowest BCUT2D eigenvalue weighted by atomic mass is 10.1. The minimum atomic E-state index is 0.227. The smallest absolute Gasteiger partial charge is 0.191 e. The van der Waals surface area contributed by atoms with Crippen LogP contribution in [0.15, 0.2) is 22.6 Å². The molecule has 9 heteroatoms. The van der Waals surface area contributed by atoms with E-state index in [2.05, 4.69) is 20.5 Å². The zero-order valence-electron chi connectivity index (χ0n) is 17.1. The van der Waals surface area contributed by atoms with E-state index < -0.39 is 0 Å². The van der Waals surface area contributed by atoms with Crippen LogP contribution in [0.25, 0.3) is 0 Å². The maximum absolute atomic E-state index is 10.7. The van der Waals surface area contributed by atoms with E-state index in [1.54, 1.807) is 27.2 Å². The van der Waals surface area contributed by atoms with Crippen molar-refractivity contribution in [1.82, 2.24) is 25.4 Å². The highest BCUT2D eigenvalue weighted by Gasteiger charge is 2.16. The molecule has 0 aliphatic carbocycles. The van der Waals surface area contributed by atoms with Crippen molar-refractivity contribution in [2.24, 2.45) is 5.92 Å². The Hall–Kier alpha value is -2.68. The molecule has 0 saturated carbocycles. The summed E-state index contributed by atoms with van der Waals surface area (Å²) in [6.07, 6.45) is 5.19. The molecule has 9 nitrogen and oxygen atoms in total. The quantitative estimate of drug-likeness (QED) is 0.309. The van der Waals surface area contributed by atoms with Gasteiger partial charge in [-0.25, -0.2) is 4.98 Å². The van der Waals surface area contributed by atoms with Crippen molar-refractivity contribution in [2.75, 3.05) is 48.3 Å². The van der Waals surface area contributed by atoms with Gasteiger partial charge in [0, 0.05) is 53.8 Å². The van der Waals surface area contributed by atoms with Crippen LogP contribution in [0.5, 0.6) is 0 Å². The molecule has 0 aliphatic heterocycles. The van der Waals surface area contributed by atoms with Crippen LogP contribution in [-0.4, -0.2) is 81.5 Å². The van der Waals surface area contributed by atoms with E-state index in [1.807, 2.05) is 26.0 Å². The highest BCUT2D eigenvalue weighted by Crippen LogP contribution is 2.07. The van der Waals surface area contributed by atoms with Crippen molar-refractivity contribution in [1.29, 1.82) is 5.41 Å². The molecular formula is C18H32N6O3. The molecule has 1 aromatic heterocycles. The molecule has 1 heterocycles. The molecule has 0 aromatic carbocycles. The fraction of sp³-hybridized carbons (Fsp3) is 0.556. The normalized spacial score (nSPS) is 11.9. The van der Waals surface area contributed by atoms with Crippen molar-refractivity contribution in [3.8, 4) is 0 Å². The third-order valence-electron chi connectivity index (χ3n) is 3.54. The zero-order valence-corrected chi connectivity index (χ0v) is 17.1. The first kappa shape index (κ1) is 24.3. The van der Waals surface area contributed by atoms with Crippen LogP contribution in [-0.2, 0) is 4.79 Å². The van der Waals surface area contributed by atoms with Crippen LogP contribution in [0.1, 0.15) is 22.8 Å². The van der Waals surface area contributed by atoms with Gasteiger partial charge in [-0.2, -0.15) is 0 Å². The highest BCUT2D eigenvalue weighted by molar-refractivity contribution is 5.94. The number of carbonyl (C=O) groups is 2. The van der Waals surface area contributed by atoms with Crippen molar-refractivity contribution in [2.45, 2.75) is 13.3 Å². The van der Waals surface area contributed by atoms with E-state index in [4.69, 9.17) is 9.83 Å². The van der Waals surface area contributed by atoms with Gasteiger partial charge in [-0.15, -0.1) is 0 Å². The summed E-state index contributed by atoms with van der Waals surface area (Å²) in [5.41, 5.74) is 1.07. The van der Waals surface area contributed by atoms with Gasteiger partial charge in [-0.3, -0.25) is 10.2 Å². The third kappa shape index (κ3) is 10.1. The predicted molar refractivity (Wildman–Crippen MR) is 106 cm³/mol. The van der Waals surface area contributed by atoms with Gasteiger partial charge in [0.05, 0.1) is 5.70 Å². The minimum Gasteiger partial charge on any atom is -0.449 e. The van der Waals surface area contributed by atoms with Gasteiger partial charge >= 0.3 is 0 Å². The summed E-state index contributed by atoms with van der Waals surface area (Å²) in [6.45, 7) is 3.20. The third-order valence-corrected chi connectivity index (χ3v) is 3.54. The maximum Gasteiger partial charge on any atom is 0.191 e. The largest absolute Gasteiger partial charge is 0.449 e. The van der Waals surface area contributed by atoms with Crippen LogP contribution < -0.4 is 10.6 Å². The Labute approximate surface area is 161 Å². The maximum atomic E-state index is 10.7. The number of aryl methyl sites for hydroxylation is 1. The molecule has 0 fully saturated rings. The second-order valence-electron chi connectivity index (χ2n) is 6.27. The van der Waals surface area contributed by atoms with E-state index in [9.17, 15) is 9.59 Å². The molecule has 1 unspecified atom stereocenters. The molecule has 0 aliphatic rings. The number of rotatable bonds is 10. The van der Waals surface area contributed by atoms with Gasteiger partial charge < -0.3 is 29.6 Å². The average Bonchev–Trinajstić information content (AvgIpc) is 3.04. The summed E-state index contributed by atoms with van der Waals surface area (Å²) >= 11 is 0. The van der Waals surface area contributed by atoms with E-state index in [-0.39, 0.29) is 5.92 Å². The molecule has 0 radical (unpaired) electrons. The van der Waals surface area contributed by atoms with E-state index in [0.29, 0.717) is 36.7 Å².